The fourth-order valence-electron chi connectivity index (χ4n) is 1.30. The molecule has 0 aliphatic rings. The summed E-state index contributed by atoms with van der Waals surface area (Å²) in [6.07, 6.45) is 1.45. The fourth-order valence-corrected chi connectivity index (χ4v) is 1.30. The lowest BCUT2D eigenvalue weighted by Crippen LogP contribution is -2.41. The van der Waals surface area contributed by atoms with Gasteiger partial charge in [0.15, 0.2) is 0 Å². The minimum absolute atomic E-state index is 0.210. The highest BCUT2D eigenvalue weighted by Gasteiger charge is 2.15. The van der Waals surface area contributed by atoms with E-state index in [0.717, 1.165) is 10.3 Å². The molecular formula is C10H22N4O6. The van der Waals surface area contributed by atoms with Crippen molar-refractivity contribution in [3.63, 3.8) is 0 Å². The zero-order valence-electron chi connectivity index (χ0n) is 12.2. The maximum atomic E-state index is 11.6. The zero-order valence-corrected chi connectivity index (χ0v) is 12.2. The predicted octanol–water partition coefficient (Wildman–Crippen LogP) is -0.541. The van der Waals surface area contributed by atoms with Crippen LogP contribution in [0.1, 0.15) is 25.7 Å². The van der Waals surface area contributed by atoms with E-state index in [0.29, 0.717) is 12.8 Å². The molecule has 0 aliphatic carbocycles. The quantitative estimate of drug-likeness (QED) is 0.387. The summed E-state index contributed by atoms with van der Waals surface area (Å²) in [4.78, 5) is 41.8. The van der Waals surface area contributed by atoms with E-state index in [2.05, 4.69) is 20.9 Å². The van der Waals surface area contributed by atoms with Crippen LogP contribution in [0.3, 0.4) is 0 Å². The van der Waals surface area contributed by atoms with Gasteiger partial charge in [0.25, 0.3) is 11.8 Å². The molecule has 0 spiro atoms. The molecule has 10 nitrogen and oxygen atoms in total. The molecule has 0 saturated heterocycles. The number of rotatable bonds is 11. The molecule has 0 unspecified atom stereocenters. The third kappa shape index (κ3) is 7.33. The van der Waals surface area contributed by atoms with Crippen molar-refractivity contribution in [1.82, 2.24) is 21.5 Å². The monoisotopic (exact) mass is 294 g/mol. The lowest BCUT2D eigenvalue weighted by molar-refractivity contribution is -0.242. The lowest BCUT2D eigenvalue weighted by atomic mass is 10.2. The number of nitrogens with one attached hydrogen (secondary N) is 2. The third-order valence-electron chi connectivity index (χ3n) is 2.20. The molecule has 0 fully saturated rings. The Kier molecular flexibility index (Phi) is 10.8. The number of hydrogen-bond acceptors (Lipinski definition) is 8. The van der Waals surface area contributed by atoms with E-state index in [1.54, 1.807) is 0 Å². The first-order chi connectivity index (χ1) is 9.60. The smallest absolute Gasteiger partial charge is 0.263 e. The van der Waals surface area contributed by atoms with Crippen LogP contribution in [0.25, 0.3) is 0 Å². The molecule has 118 valence electrons. The van der Waals surface area contributed by atoms with E-state index in [1.165, 1.54) is 28.4 Å². The summed E-state index contributed by atoms with van der Waals surface area (Å²) < 4.78 is 0. The van der Waals surface area contributed by atoms with Gasteiger partial charge in [-0.3, -0.25) is 28.9 Å². The lowest BCUT2D eigenvalue weighted by Gasteiger charge is -2.19. The van der Waals surface area contributed by atoms with Crippen LogP contribution < -0.4 is 11.2 Å². The number of unbranched alkanes of at least 4 members (excludes halogenated alkanes) is 1. The van der Waals surface area contributed by atoms with E-state index in [4.69, 9.17) is 9.68 Å². The zero-order chi connectivity index (χ0) is 15.4. The Morgan fingerprint density at radius 1 is 0.800 bits per heavy atom. The van der Waals surface area contributed by atoms with E-state index in [-0.39, 0.29) is 24.7 Å². The van der Waals surface area contributed by atoms with Gasteiger partial charge >= 0.3 is 0 Å². The molecule has 0 aromatic heterocycles. The predicted molar refractivity (Wildman–Crippen MR) is 66.5 cm³/mol. The van der Waals surface area contributed by atoms with Crippen LogP contribution in [0.4, 0.5) is 0 Å². The van der Waals surface area contributed by atoms with Gasteiger partial charge in [0.05, 0.1) is 28.4 Å². The highest BCUT2D eigenvalue weighted by Crippen LogP contribution is 2.04. The summed E-state index contributed by atoms with van der Waals surface area (Å²) in [5, 5.41) is 1.74. The van der Waals surface area contributed by atoms with E-state index < -0.39 is 0 Å². The van der Waals surface area contributed by atoms with Crippen LogP contribution in [0.5, 0.6) is 0 Å². The highest BCUT2D eigenvalue weighted by molar-refractivity contribution is 5.75. The molecule has 0 radical (unpaired) electrons. The van der Waals surface area contributed by atoms with Crippen molar-refractivity contribution < 1.29 is 28.9 Å². The number of carbonyl (C=O) groups excluding carboxylic acids is 2. The summed E-state index contributed by atoms with van der Waals surface area (Å²) in [5.41, 5.74) is 4.53. The van der Waals surface area contributed by atoms with Crippen molar-refractivity contribution in [2.45, 2.75) is 25.7 Å². The molecule has 2 amide bonds. The number of hydrogen-bond donors (Lipinski definition) is 2. The Bertz CT molecular complexity index is 263. The molecule has 0 aromatic rings. The summed E-state index contributed by atoms with van der Waals surface area (Å²) in [6, 6.07) is 0. The summed E-state index contributed by atoms with van der Waals surface area (Å²) in [6.45, 7) is 0. The average Bonchev–Trinajstić information content (AvgIpc) is 2.46. The van der Waals surface area contributed by atoms with Gasteiger partial charge in [-0.2, -0.15) is 0 Å². The molecule has 0 aliphatic heterocycles. The van der Waals surface area contributed by atoms with E-state index in [9.17, 15) is 9.59 Å². The molecule has 0 rings (SSSR count). The van der Waals surface area contributed by atoms with Crippen molar-refractivity contribution in [3.8, 4) is 0 Å². The molecule has 10 heteroatoms. The number of nitrogens with zero attached hydrogens (tertiary/aromatic N) is 2. The minimum atomic E-state index is -0.305. The van der Waals surface area contributed by atoms with Crippen LogP contribution in [-0.4, -0.2) is 50.6 Å². The number of carbonyl (C=O) groups is 2. The molecule has 0 aromatic carbocycles. The van der Waals surface area contributed by atoms with Crippen LogP contribution in [-0.2, 0) is 28.9 Å². The summed E-state index contributed by atoms with van der Waals surface area (Å²) >= 11 is 0. The van der Waals surface area contributed by atoms with Crippen LogP contribution >= 0.6 is 0 Å². The SMILES string of the molecule is CONN(OC)C(=O)CCCCC(=O)N(NOC)OC. The fraction of sp³-hybridized carbons (Fsp3) is 0.800. The third-order valence-corrected chi connectivity index (χ3v) is 2.20. The first-order valence-corrected chi connectivity index (χ1v) is 5.92. The Hall–Kier alpha value is -1.30. The van der Waals surface area contributed by atoms with Crippen molar-refractivity contribution in [2.75, 3.05) is 28.4 Å². The van der Waals surface area contributed by atoms with Gasteiger partial charge in [0.2, 0.25) is 0 Å². The number of hydrazine groups is 2. The Morgan fingerprint density at radius 3 is 1.40 bits per heavy atom. The molecule has 0 saturated carbocycles. The molecule has 0 heterocycles. The van der Waals surface area contributed by atoms with Crippen LogP contribution in [0.15, 0.2) is 0 Å². The second-order valence-electron chi connectivity index (χ2n) is 3.54. The Labute approximate surface area is 117 Å². The van der Waals surface area contributed by atoms with Crippen molar-refractivity contribution in [2.24, 2.45) is 0 Å². The maximum Gasteiger partial charge on any atom is 0.263 e. The average molecular weight is 294 g/mol. The molecule has 0 atom stereocenters. The standard InChI is InChI=1S/C10H22N4O6/c1-17-11-13(19-3)9(15)7-5-6-8-10(16)14(20-4)12-18-2/h11-12H,5-8H2,1-4H3. The first-order valence-electron chi connectivity index (χ1n) is 5.92. The van der Waals surface area contributed by atoms with Gasteiger partial charge in [0.1, 0.15) is 0 Å². The largest absolute Gasteiger partial charge is 0.283 e. The van der Waals surface area contributed by atoms with Gasteiger partial charge in [-0.1, -0.05) is 11.2 Å². The molecule has 2 N–H and O–H groups in total. The van der Waals surface area contributed by atoms with Gasteiger partial charge in [-0.15, -0.1) is 10.3 Å². The van der Waals surface area contributed by atoms with Crippen molar-refractivity contribution >= 4 is 11.8 Å². The second-order valence-corrected chi connectivity index (χ2v) is 3.54. The van der Waals surface area contributed by atoms with Gasteiger partial charge < -0.3 is 0 Å². The number of amides is 2. The van der Waals surface area contributed by atoms with E-state index >= 15 is 0 Å². The second kappa shape index (κ2) is 11.5. The normalized spacial score (nSPS) is 10.4. The van der Waals surface area contributed by atoms with Gasteiger partial charge in [0, 0.05) is 12.8 Å². The topological polar surface area (TPSA) is 102 Å². The molecule has 20 heavy (non-hydrogen) atoms. The first kappa shape index (κ1) is 18.7. The van der Waals surface area contributed by atoms with E-state index in [1.807, 2.05) is 0 Å². The van der Waals surface area contributed by atoms with Crippen molar-refractivity contribution in [1.29, 1.82) is 0 Å². The highest BCUT2D eigenvalue weighted by atomic mass is 16.8. The van der Waals surface area contributed by atoms with Gasteiger partial charge in [-0.05, 0) is 12.8 Å². The number of hydroxylamine groups is 2. The Balaban J connectivity index is 3.89. The van der Waals surface area contributed by atoms with Crippen molar-refractivity contribution in [3.05, 3.63) is 0 Å². The van der Waals surface area contributed by atoms with Gasteiger partial charge in [-0.25, -0.2) is 0 Å². The Morgan fingerprint density at radius 2 is 1.15 bits per heavy atom. The molecule has 0 bridgehead atoms. The van der Waals surface area contributed by atoms with Crippen LogP contribution in [0, 0.1) is 0 Å². The minimum Gasteiger partial charge on any atom is -0.283 e. The summed E-state index contributed by atoms with van der Waals surface area (Å²) in [7, 11) is 5.39. The molecular weight excluding hydrogens is 272 g/mol. The maximum absolute atomic E-state index is 11.6. The van der Waals surface area contributed by atoms with Crippen LogP contribution in [0.2, 0.25) is 0 Å². The summed E-state index contributed by atoms with van der Waals surface area (Å²) in [5.74, 6) is -0.610.